The average molecular weight is 592 g/mol. The van der Waals surface area contributed by atoms with Crippen molar-refractivity contribution in [1.82, 2.24) is 9.88 Å². The number of ether oxygens (including phenoxy) is 3. The van der Waals surface area contributed by atoms with Crippen molar-refractivity contribution in [2.24, 2.45) is 0 Å². The van der Waals surface area contributed by atoms with Crippen molar-refractivity contribution in [3.05, 3.63) is 108 Å². The van der Waals surface area contributed by atoms with Crippen molar-refractivity contribution >= 4 is 11.8 Å². The molecule has 2 aliphatic rings. The highest BCUT2D eigenvalue weighted by atomic mass is 16.6. The number of rotatable bonds is 8. The minimum Gasteiger partial charge on any atom is -0.473 e. The molecule has 7 heteroatoms. The van der Waals surface area contributed by atoms with Crippen LogP contribution in [0.15, 0.2) is 91.0 Å². The molecule has 0 unspecified atom stereocenters. The number of nitrogens with zero attached hydrogens (tertiary/aromatic N) is 3. The fraction of sp³-hybridized carbons (Fsp3) is 0.351. The number of aromatic nitrogens is 1. The first-order valence-electron chi connectivity index (χ1n) is 15.6. The molecule has 3 aromatic carbocycles. The number of likely N-dealkylation sites (tertiary alicyclic amines) is 1. The highest BCUT2D eigenvalue weighted by molar-refractivity contribution is 5.79. The van der Waals surface area contributed by atoms with E-state index in [1.165, 1.54) is 11.3 Å². The number of carbonyl (C=O) groups excluding carboxylic acids is 1. The summed E-state index contributed by atoms with van der Waals surface area (Å²) in [6, 6.07) is 31.2. The molecule has 0 spiro atoms. The predicted octanol–water partition coefficient (Wildman–Crippen LogP) is 7.67. The Morgan fingerprint density at radius 3 is 2.09 bits per heavy atom. The Bertz CT molecular complexity index is 1560. The average Bonchev–Trinajstić information content (AvgIpc) is 3.48. The summed E-state index contributed by atoms with van der Waals surface area (Å²) in [5.74, 6) is 1.10. The Hall–Kier alpha value is -4.52. The second kappa shape index (κ2) is 13.0. The smallest absolute Gasteiger partial charge is 0.410 e. The zero-order valence-electron chi connectivity index (χ0n) is 25.9. The van der Waals surface area contributed by atoms with Gasteiger partial charge in [0.1, 0.15) is 18.8 Å². The topological polar surface area (TPSA) is 64.1 Å². The largest absolute Gasteiger partial charge is 0.473 e. The van der Waals surface area contributed by atoms with Gasteiger partial charge in [0.15, 0.2) is 0 Å². The molecule has 0 atom stereocenters. The van der Waals surface area contributed by atoms with E-state index in [1.54, 1.807) is 0 Å². The van der Waals surface area contributed by atoms with Crippen LogP contribution in [0.5, 0.6) is 11.8 Å². The quantitative estimate of drug-likeness (QED) is 0.210. The minimum absolute atomic E-state index is 0.216. The molecule has 228 valence electrons. The summed E-state index contributed by atoms with van der Waals surface area (Å²) >= 11 is 0. The van der Waals surface area contributed by atoms with Crippen LogP contribution in [0.25, 0.3) is 11.1 Å². The number of piperidine rings is 1. The molecular weight excluding hydrogens is 550 g/mol. The molecule has 1 fully saturated rings. The predicted molar refractivity (Wildman–Crippen MR) is 173 cm³/mol. The summed E-state index contributed by atoms with van der Waals surface area (Å²) in [4.78, 5) is 21.8. The van der Waals surface area contributed by atoms with Crippen LogP contribution in [-0.4, -0.2) is 47.3 Å². The summed E-state index contributed by atoms with van der Waals surface area (Å²) in [5, 5.41) is 0. The van der Waals surface area contributed by atoms with Gasteiger partial charge in [-0.05, 0) is 74.4 Å². The fourth-order valence-corrected chi connectivity index (χ4v) is 6.05. The van der Waals surface area contributed by atoms with Crippen LogP contribution in [0.3, 0.4) is 0 Å². The Kier molecular flexibility index (Phi) is 8.73. The standard InChI is InChI=1S/C37H41N3O4/c1-37(2,3)44-36(41)39-22-19-29(20-23-39)40-24-21-31-30(15-10-16-33(31)40)32-17-18-34(42-25-27-11-6-4-7-12-27)38-35(32)43-26-28-13-8-5-9-14-28/h4-18,29H,19-26H2,1-3H3. The van der Waals surface area contributed by atoms with Gasteiger partial charge in [0.05, 0.1) is 0 Å². The van der Waals surface area contributed by atoms with Crippen molar-refractivity contribution in [3.63, 3.8) is 0 Å². The van der Waals surface area contributed by atoms with Crippen LogP contribution < -0.4 is 14.4 Å². The van der Waals surface area contributed by atoms with Gasteiger partial charge in [0.25, 0.3) is 0 Å². The lowest BCUT2D eigenvalue weighted by molar-refractivity contribution is 0.0205. The molecular formula is C37H41N3O4. The number of anilines is 1. The molecule has 44 heavy (non-hydrogen) atoms. The van der Waals surface area contributed by atoms with Crippen molar-refractivity contribution in [3.8, 4) is 22.9 Å². The minimum atomic E-state index is -0.483. The molecule has 1 saturated heterocycles. The van der Waals surface area contributed by atoms with Gasteiger partial charge in [-0.3, -0.25) is 0 Å². The van der Waals surface area contributed by atoms with Gasteiger partial charge in [0.2, 0.25) is 11.8 Å². The molecule has 0 bridgehead atoms. The first-order valence-corrected chi connectivity index (χ1v) is 15.6. The molecule has 0 saturated carbocycles. The van der Waals surface area contributed by atoms with E-state index < -0.39 is 5.60 Å². The number of benzene rings is 3. The van der Waals surface area contributed by atoms with E-state index in [9.17, 15) is 4.79 Å². The number of hydrogen-bond acceptors (Lipinski definition) is 6. The number of hydrogen-bond donors (Lipinski definition) is 0. The molecule has 1 aromatic heterocycles. The lowest BCUT2D eigenvalue weighted by atomic mass is 9.98. The van der Waals surface area contributed by atoms with Crippen LogP contribution in [0.4, 0.5) is 10.5 Å². The fourth-order valence-electron chi connectivity index (χ4n) is 6.05. The van der Waals surface area contributed by atoms with Crippen LogP contribution >= 0.6 is 0 Å². The number of amides is 1. The third-order valence-corrected chi connectivity index (χ3v) is 8.19. The van der Waals surface area contributed by atoms with Gasteiger partial charge in [-0.25, -0.2) is 4.79 Å². The maximum absolute atomic E-state index is 12.6. The van der Waals surface area contributed by atoms with Gasteiger partial charge in [-0.15, -0.1) is 0 Å². The van der Waals surface area contributed by atoms with Gasteiger partial charge < -0.3 is 24.0 Å². The van der Waals surface area contributed by atoms with Gasteiger partial charge in [0, 0.05) is 43.0 Å². The molecule has 0 radical (unpaired) electrons. The molecule has 0 N–H and O–H groups in total. The summed E-state index contributed by atoms with van der Waals surface area (Å²) in [7, 11) is 0. The lowest BCUT2D eigenvalue weighted by Crippen LogP contribution is -2.47. The molecule has 4 aromatic rings. The van der Waals surface area contributed by atoms with Gasteiger partial charge in [-0.1, -0.05) is 72.8 Å². The molecule has 1 amide bonds. The molecule has 7 nitrogen and oxygen atoms in total. The van der Waals surface area contributed by atoms with E-state index in [0.717, 1.165) is 48.1 Å². The summed E-state index contributed by atoms with van der Waals surface area (Å²) in [6.07, 6.45) is 2.57. The van der Waals surface area contributed by atoms with E-state index in [4.69, 9.17) is 19.2 Å². The number of fused-ring (bicyclic) bond motifs is 1. The SMILES string of the molecule is CC(C)(C)OC(=O)N1CCC(N2CCc3c(-c4ccc(OCc5ccccc5)nc4OCc4ccccc4)cccc32)CC1. The van der Waals surface area contributed by atoms with E-state index in [-0.39, 0.29) is 6.09 Å². The van der Waals surface area contributed by atoms with Crippen LogP contribution in [-0.2, 0) is 24.4 Å². The lowest BCUT2D eigenvalue weighted by Gasteiger charge is -2.38. The zero-order chi connectivity index (χ0) is 30.5. The third-order valence-electron chi connectivity index (χ3n) is 8.19. The highest BCUT2D eigenvalue weighted by Gasteiger charge is 2.33. The number of pyridine rings is 1. The van der Waals surface area contributed by atoms with E-state index in [2.05, 4.69) is 41.3 Å². The maximum Gasteiger partial charge on any atom is 0.410 e. The molecule has 6 rings (SSSR count). The molecule has 0 aliphatic carbocycles. The van der Waals surface area contributed by atoms with Crippen molar-refractivity contribution in [2.75, 3.05) is 24.5 Å². The van der Waals surface area contributed by atoms with E-state index >= 15 is 0 Å². The van der Waals surface area contributed by atoms with Crippen molar-refractivity contribution < 1.29 is 19.0 Å². The highest BCUT2D eigenvalue weighted by Crippen LogP contribution is 2.41. The van der Waals surface area contributed by atoms with E-state index in [1.807, 2.05) is 80.3 Å². The Morgan fingerprint density at radius 2 is 1.43 bits per heavy atom. The van der Waals surface area contributed by atoms with Gasteiger partial charge >= 0.3 is 6.09 Å². The first kappa shape index (κ1) is 29.5. The van der Waals surface area contributed by atoms with Crippen molar-refractivity contribution in [2.45, 2.75) is 64.9 Å². The Labute approximate surface area is 260 Å². The summed E-state index contributed by atoms with van der Waals surface area (Å²) in [6.45, 7) is 8.96. The van der Waals surface area contributed by atoms with Crippen LogP contribution in [0.1, 0.15) is 50.3 Å². The maximum atomic E-state index is 12.6. The monoisotopic (exact) mass is 591 g/mol. The molecule has 2 aliphatic heterocycles. The number of carbonyl (C=O) groups is 1. The third kappa shape index (κ3) is 6.99. The second-order valence-corrected chi connectivity index (χ2v) is 12.5. The zero-order valence-corrected chi connectivity index (χ0v) is 25.9. The normalized spacial score (nSPS) is 15.2. The second-order valence-electron chi connectivity index (χ2n) is 12.5. The van der Waals surface area contributed by atoms with Gasteiger partial charge in [-0.2, -0.15) is 4.98 Å². The summed E-state index contributed by atoms with van der Waals surface area (Å²) < 4.78 is 18.1. The molecule has 3 heterocycles. The van der Waals surface area contributed by atoms with Crippen LogP contribution in [0.2, 0.25) is 0 Å². The van der Waals surface area contributed by atoms with Crippen molar-refractivity contribution in [1.29, 1.82) is 0 Å². The Balaban J connectivity index is 1.22. The van der Waals surface area contributed by atoms with Crippen LogP contribution in [0, 0.1) is 0 Å². The van der Waals surface area contributed by atoms with E-state index in [0.29, 0.717) is 44.1 Å². The summed E-state index contributed by atoms with van der Waals surface area (Å²) in [5.41, 5.74) is 6.36. The first-order chi connectivity index (χ1) is 21.3. The Morgan fingerprint density at radius 1 is 0.773 bits per heavy atom.